The molecule has 0 atom stereocenters. The number of nitrogens with one attached hydrogen (secondary N) is 2. The highest BCUT2D eigenvalue weighted by molar-refractivity contribution is 9.10. The lowest BCUT2D eigenvalue weighted by atomic mass is 9.86. The number of hydrogen-bond donors (Lipinski definition) is 2. The molecule has 0 aromatic heterocycles. The number of anilines is 2. The molecule has 22 heavy (non-hydrogen) atoms. The summed E-state index contributed by atoms with van der Waals surface area (Å²) in [5, 5.41) is 6.11. The van der Waals surface area contributed by atoms with Gasteiger partial charge < -0.3 is 10.6 Å². The average molecular weight is 361 g/mol. The van der Waals surface area contributed by atoms with Crippen molar-refractivity contribution in [1.82, 2.24) is 0 Å². The molecule has 0 aliphatic heterocycles. The SMILES string of the molecule is CC(C)(C)c1ccccc1NCC(=O)Nc1cccc(Br)c1. The van der Waals surface area contributed by atoms with E-state index in [1.807, 2.05) is 42.5 Å². The van der Waals surface area contributed by atoms with E-state index in [1.54, 1.807) is 0 Å². The summed E-state index contributed by atoms with van der Waals surface area (Å²) in [6.07, 6.45) is 0. The Balaban J connectivity index is 2.00. The third-order valence-electron chi connectivity index (χ3n) is 3.28. The maximum absolute atomic E-state index is 12.1. The molecule has 1 amide bonds. The first-order valence-corrected chi connectivity index (χ1v) is 8.04. The fourth-order valence-corrected chi connectivity index (χ4v) is 2.64. The maximum Gasteiger partial charge on any atom is 0.243 e. The second-order valence-corrected chi connectivity index (χ2v) is 7.12. The van der Waals surface area contributed by atoms with E-state index >= 15 is 0 Å². The van der Waals surface area contributed by atoms with Crippen LogP contribution in [0, 0.1) is 0 Å². The monoisotopic (exact) mass is 360 g/mol. The van der Waals surface area contributed by atoms with Crippen molar-refractivity contribution in [2.75, 3.05) is 17.2 Å². The van der Waals surface area contributed by atoms with Crippen LogP contribution >= 0.6 is 15.9 Å². The first kappa shape index (κ1) is 16.6. The van der Waals surface area contributed by atoms with Crippen molar-refractivity contribution in [2.45, 2.75) is 26.2 Å². The van der Waals surface area contributed by atoms with Gasteiger partial charge in [-0.3, -0.25) is 4.79 Å². The fraction of sp³-hybridized carbons (Fsp3) is 0.278. The third kappa shape index (κ3) is 4.60. The van der Waals surface area contributed by atoms with E-state index in [1.165, 1.54) is 5.56 Å². The smallest absolute Gasteiger partial charge is 0.243 e. The Labute approximate surface area is 140 Å². The van der Waals surface area contributed by atoms with Crippen LogP contribution in [0.2, 0.25) is 0 Å². The van der Waals surface area contributed by atoms with Gasteiger partial charge in [0.15, 0.2) is 0 Å². The van der Waals surface area contributed by atoms with Crippen LogP contribution in [0.1, 0.15) is 26.3 Å². The predicted molar refractivity (Wildman–Crippen MR) is 96.4 cm³/mol. The highest BCUT2D eigenvalue weighted by Crippen LogP contribution is 2.29. The predicted octanol–water partition coefficient (Wildman–Crippen LogP) is 4.80. The van der Waals surface area contributed by atoms with Crippen LogP contribution in [0.5, 0.6) is 0 Å². The van der Waals surface area contributed by atoms with Crippen LogP contribution in [-0.4, -0.2) is 12.5 Å². The van der Waals surface area contributed by atoms with Crippen molar-refractivity contribution in [2.24, 2.45) is 0 Å². The van der Waals surface area contributed by atoms with Crippen molar-refractivity contribution in [1.29, 1.82) is 0 Å². The van der Waals surface area contributed by atoms with E-state index in [-0.39, 0.29) is 17.9 Å². The molecule has 0 unspecified atom stereocenters. The molecule has 0 heterocycles. The summed E-state index contributed by atoms with van der Waals surface area (Å²) in [4.78, 5) is 12.1. The molecule has 2 rings (SSSR count). The Morgan fingerprint density at radius 3 is 2.50 bits per heavy atom. The van der Waals surface area contributed by atoms with Crippen LogP contribution < -0.4 is 10.6 Å². The lowest BCUT2D eigenvalue weighted by Gasteiger charge is -2.23. The number of para-hydroxylation sites is 1. The van der Waals surface area contributed by atoms with Gasteiger partial charge in [-0.25, -0.2) is 0 Å². The van der Waals surface area contributed by atoms with E-state index in [4.69, 9.17) is 0 Å². The number of rotatable bonds is 4. The normalized spacial score (nSPS) is 11.1. The molecule has 3 nitrogen and oxygen atoms in total. The summed E-state index contributed by atoms with van der Waals surface area (Å²) in [5.74, 6) is -0.0678. The van der Waals surface area contributed by atoms with E-state index in [9.17, 15) is 4.79 Å². The first-order valence-electron chi connectivity index (χ1n) is 7.25. The molecule has 2 aromatic carbocycles. The fourth-order valence-electron chi connectivity index (χ4n) is 2.24. The maximum atomic E-state index is 12.1. The van der Waals surface area contributed by atoms with Gasteiger partial charge in [0.2, 0.25) is 5.91 Å². The third-order valence-corrected chi connectivity index (χ3v) is 3.78. The summed E-state index contributed by atoms with van der Waals surface area (Å²) in [5.41, 5.74) is 3.01. The Kier molecular flexibility index (Phi) is 5.24. The molecule has 0 bridgehead atoms. The molecule has 0 aliphatic carbocycles. The Morgan fingerprint density at radius 2 is 1.82 bits per heavy atom. The molecule has 0 radical (unpaired) electrons. The molecule has 116 valence electrons. The molecule has 0 saturated heterocycles. The Bertz CT molecular complexity index is 662. The first-order chi connectivity index (χ1) is 10.4. The van der Waals surface area contributed by atoms with Gasteiger partial charge in [-0.1, -0.05) is 61.0 Å². The minimum absolute atomic E-state index is 0.0321. The number of halogens is 1. The second-order valence-electron chi connectivity index (χ2n) is 6.21. The van der Waals surface area contributed by atoms with E-state index in [0.717, 1.165) is 15.8 Å². The second kappa shape index (κ2) is 6.97. The molecule has 4 heteroatoms. The van der Waals surface area contributed by atoms with Gasteiger partial charge in [-0.2, -0.15) is 0 Å². The minimum atomic E-state index is -0.0678. The number of amides is 1. The molecular weight excluding hydrogens is 340 g/mol. The molecular formula is C18H21BrN2O. The van der Waals surface area contributed by atoms with Gasteiger partial charge in [-0.15, -0.1) is 0 Å². The topological polar surface area (TPSA) is 41.1 Å². The number of carbonyl (C=O) groups excluding carboxylic acids is 1. The van der Waals surface area contributed by atoms with E-state index in [0.29, 0.717) is 0 Å². The van der Waals surface area contributed by atoms with Crippen molar-refractivity contribution in [3.8, 4) is 0 Å². The summed E-state index contributed by atoms with van der Waals surface area (Å²) in [6.45, 7) is 6.72. The average Bonchev–Trinajstić information content (AvgIpc) is 2.44. The zero-order valence-electron chi connectivity index (χ0n) is 13.1. The Hall–Kier alpha value is -1.81. The highest BCUT2D eigenvalue weighted by atomic mass is 79.9. The number of hydrogen-bond acceptors (Lipinski definition) is 2. The summed E-state index contributed by atoms with van der Waals surface area (Å²) in [7, 11) is 0. The van der Waals surface area contributed by atoms with Gasteiger partial charge in [0, 0.05) is 15.8 Å². The van der Waals surface area contributed by atoms with Crippen LogP contribution in [0.3, 0.4) is 0 Å². The van der Waals surface area contributed by atoms with Crippen molar-refractivity contribution in [3.05, 3.63) is 58.6 Å². The molecule has 0 aliphatic rings. The number of carbonyl (C=O) groups is 1. The molecule has 2 N–H and O–H groups in total. The molecule has 0 fully saturated rings. The van der Waals surface area contributed by atoms with Crippen LogP contribution in [0.15, 0.2) is 53.0 Å². The van der Waals surface area contributed by atoms with Gasteiger partial charge in [0.05, 0.1) is 6.54 Å². The van der Waals surface area contributed by atoms with E-state index < -0.39 is 0 Å². The molecule has 0 saturated carbocycles. The summed E-state index contributed by atoms with van der Waals surface area (Å²) < 4.78 is 0.941. The van der Waals surface area contributed by atoms with Crippen LogP contribution in [0.25, 0.3) is 0 Å². The zero-order valence-corrected chi connectivity index (χ0v) is 14.7. The largest absolute Gasteiger partial charge is 0.376 e. The standard InChI is InChI=1S/C18H21BrN2O/c1-18(2,3)15-9-4-5-10-16(15)20-12-17(22)21-14-8-6-7-13(19)11-14/h4-11,20H,12H2,1-3H3,(H,21,22). The lowest BCUT2D eigenvalue weighted by molar-refractivity contribution is -0.114. The molecule has 2 aromatic rings. The zero-order chi connectivity index (χ0) is 16.2. The minimum Gasteiger partial charge on any atom is -0.376 e. The quantitative estimate of drug-likeness (QED) is 0.822. The summed E-state index contributed by atoms with van der Waals surface area (Å²) in [6, 6.07) is 15.7. The van der Waals surface area contributed by atoms with Crippen molar-refractivity contribution < 1.29 is 4.79 Å². The van der Waals surface area contributed by atoms with Crippen LogP contribution in [0.4, 0.5) is 11.4 Å². The van der Waals surface area contributed by atoms with E-state index in [2.05, 4.69) is 53.4 Å². The van der Waals surface area contributed by atoms with Crippen LogP contribution in [-0.2, 0) is 10.2 Å². The number of benzene rings is 2. The highest BCUT2D eigenvalue weighted by Gasteiger charge is 2.17. The summed E-state index contributed by atoms with van der Waals surface area (Å²) >= 11 is 3.39. The van der Waals surface area contributed by atoms with Gasteiger partial charge in [0.25, 0.3) is 0 Å². The van der Waals surface area contributed by atoms with Gasteiger partial charge >= 0.3 is 0 Å². The van der Waals surface area contributed by atoms with Gasteiger partial charge in [0.1, 0.15) is 0 Å². The van der Waals surface area contributed by atoms with Crippen molar-refractivity contribution >= 4 is 33.2 Å². The lowest BCUT2D eigenvalue weighted by Crippen LogP contribution is -2.23. The van der Waals surface area contributed by atoms with Crippen molar-refractivity contribution in [3.63, 3.8) is 0 Å². The Morgan fingerprint density at radius 1 is 1.09 bits per heavy atom. The van der Waals surface area contributed by atoms with Gasteiger partial charge in [-0.05, 0) is 35.2 Å². The molecule has 0 spiro atoms.